The summed E-state index contributed by atoms with van der Waals surface area (Å²) in [5.74, 6) is 0.196. The van der Waals surface area contributed by atoms with E-state index in [4.69, 9.17) is 23.2 Å². The number of nitrogens with one attached hydrogen (secondary N) is 1. The second-order valence-corrected chi connectivity index (χ2v) is 10.5. The molecular formula is C23H28Cl2N2O3S. The number of carbonyl (C=O) groups is 1. The van der Waals surface area contributed by atoms with Gasteiger partial charge in [0.05, 0.1) is 17.3 Å². The van der Waals surface area contributed by atoms with Gasteiger partial charge in [-0.3, -0.25) is 9.10 Å². The van der Waals surface area contributed by atoms with Crippen molar-refractivity contribution in [1.29, 1.82) is 0 Å². The third-order valence-electron chi connectivity index (χ3n) is 4.73. The van der Waals surface area contributed by atoms with Gasteiger partial charge in [0.15, 0.2) is 0 Å². The lowest BCUT2D eigenvalue weighted by molar-refractivity contribution is 0.0937. The Balaban J connectivity index is 2.36. The topological polar surface area (TPSA) is 66.5 Å². The molecule has 0 fully saturated rings. The number of carbonyl (C=O) groups excluding carboxylic acids is 1. The number of amides is 1. The summed E-state index contributed by atoms with van der Waals surface area (Å²) in [6.07, 6.45) is 3.30. The molecule has 0 aliphatic heterocycles. The van der Waals surface area contributed by atoms with E-state index in [9.17, 15) is 13.2 Å². The summed E-state index contributed by atoms with van der Waals surface area (Å²) in [4.78, 5) is 12.6. The molecule has 0 aliphatic rings. The van der Waals surface area contributed by atoms with Crippen LogP contribution in [0.15, 0.2) is 60.0 Å². The van der Waals surface area contributed by atoms with Crippen LogP contribution in [-0.2, 0) is 10.0 Å². The van der Waals surface area contributed by atoms with Gasteiger partial charge in [-0.15, -0.1) is 6.58 Å². The predicted octanol–water partition coefficient (Wildman–Crippen LogP) is 5.93. The Morgan fingerprint density at radius 2 is 1.74 bits per heavy atom. The molecule has 1 unspecified atom stereocenters. The standard InChI is InChI=1S/C23H28Cl2N2O3S/c1-5-14-27(20-11-9-19(24)10-12-20)31(29,30)22-15-18(8-13-21(22)25)23(28)26-17(4)7-6-16(2)3/h5,8-13,15-17H,1,6-7,14H2,2-4H3,(H,26,28). The summed E-state index contributed by atoms with van der Waals surface area (Å²) in [7, 11) is -4.06. The Kier molecular flexibility index (Phi) is 8.98. The van der Waals surface area contributed by atoms with Crippen molar-refractivity contribution < 1.29 is 13.2 Å². The Morgan fingerprint density at radius 3 is 2.32 bits per heavy atom. The third-order valence-corrected chi connectivity index (χ3v) is 7.25. The highest BCUT2D eigenvalue weighted by molar-refractivity contribution is 7.93. The van der Waals surface area contributed by atoms with Crippen LogP contribution in [0.5, 0.6) is 0 Å². The van der Waals surface area contributed by atoms with Crippen LogP contribution in [0, 0.1) is 5.92 Å². The molecule has 0 heterocycles. The maximum Gasteiger partial charge on any atom is 0.266 e. The number of hydrogen-bond acceptors (Lipinski definition) is 3. The number of hydrogen-bond donors (Lipinski definition) is 1. The summed E-state index contributed by atoms with van der Waals surface area (Å²) in [6, 6.07) is 10.6. The largest absolute Gasteiger partial charge is 0.350 e. The summed E-state index contributed by atoms with van der Waals surface area (Å²) >= 11 is 12.2. The molecule has 1 N–H and O–H groups in total. The summed E-state index contributed by atoms with van der Waals surface area (Å²) < 4.78 is 28.0. The first-order valence-corrected chi connectivity index (χ1v) is 12.3. The zero-order valence-electron chi connectivity index (χ0n) is 17.9. The lowest BCUT2D eigenvalue weighted by Crippen LogP contribution is -2.34. The number of halogens is 2. The summed E-state index contributed by atoms with van der Waals surface area (Å²) in [5, 5.41) is 3.44. The monoisotopic (exact) mass is 482 g/mol. The van der Waals surface area contributed by atoms with Gasteiger partial charge in [-0.05, 0) is 68.1 Å². The van der Waals surface area contributed by atoms with Gasteiger partial charge >= 0.3 is 0 Å². The average Bonchev–Trinajstić information content (AvgIpc) is 2.71. The molecule has 2 aromatic carbocycles. The fourth-order valence-electron chi connectivity index (χ4n) is 2.99. The number of sulfonamides is 1. The maximum absolute atomic E-state index is 13.4. The van der Waals surface area contributed by atoms with Crippen molar-refractivity contribution in [3.8, 4) is 0 Å². The van der Waals surface area contributed by atoms with Gasteiger partial charge < -0.3 is 5.32 Å². The molecule has 0 bridgehead atoms. The Bertz CT molecular complexity index is 1020. The van der Waals surface area contributed by atoms with Gasteiger partial charge in [-0.1, -0.05) is 43.1 Å². The Labute approximate surface area is 195 Å². The van der Waals surface area contributed by atoms with Gasteiger partial charge in [-0.25, -0.2) is 8.42 Å². The number of rotatable bonds is 10. The zero-order chi connectivity index (χ0) is 23.2. The molecule has 1 atom stereocenters. The zero-order valence-corrected chi connectivity index (χ0v) is 20.3. The molecule has 5 nitrogen and oxygen atoms in total. The third kappa shape index (κ3) is 6.73. The minimum atomic E-state index is -4.06. The first-order valence-electron chi connectivity index (χ1n) is 10.1. The van der Waals surface area contributed by atoms with E-state index in [1.165, 1.54) is 28.6 Å². The van der Waals surface area contributed by atoms with Crippen LogP contribution < -0.4 is 9.62 Å². The normalized spacial score (nSPS) is 12.5. The molecule has 0 radical (unpaired) electrons. The molecule has 0 aromatic heterocycles. The van der Waals surface area contributed by atoms with E-state index < -0.39 is 10.0 Å². The number of benzene rings is 2. The quantitative estimate of drug-likeness (QED) is 0.426. The van der Waals surface area contributed by atoms with E-state index in [2.05, 4.69) is 25.7 Å². The molecule has 8 heteroatoms. The van der Waals surface area contributed by atoms with E-state index in [0.717, 1.165) is 12.8 Å². The number of nitrogens with zero attached hydrogens (tertiary/aromatic N) is 1. The van der Waals surface area contributed by atoms with Crippen molar-refractivity contribution in [2.24, 2.45) is 5.92 Å². The van der Waals surface area contributed by atoms with E-state index in [-0.39, 0.29) is 34.0 Å². The highest BCUT2D eigenvalue weighted by Gasteiger charge is 2.27. The molecule has 168 valence electrons. The van der Waals surface area contributed by atoms with Gasteiger partial charge in [0.2, 0.25) is 0 Å². The second-order valence-electron chi connectivity index (χ2n) is 7.79. The van der Waals surface area contributed by atoms with Crippen molar-refractivity contribution >= 4 is 44.8 Å². The van der Waals surface area contributed by atoms with Crippen molar-refractivity contribution in [1.82, 2.24) is 5.32 Å². The van der Waals surface area contributed by atoms with Crippen molar-refractivity contribution in [3.63, 3.8) is 0 Å². The molecule has 0 saturated heterocycles. The molecule has 31 heavy (non-hydrogen) atoms. The van der Waals surface area contributed by atoms with E-state index in [1.807, 2.05) is 6.92 Å². The first kappa shape index (κ1) is 25.2. The van der Waals surface area contributed by atoms with E-state index in [0.29, 0.717) is 16.6 Å². The minimum Gasteiger partial charge on any atom is -0.350 e. The summed E-state index contributed by atoms with van der Waals surface area (Å²) in [6.45, 7) is 9.86. The second kappa shape index (κ2) is 11.0. The van der Waals surface area contributed by atoms with Crippen LogP contribution >= 0.6 is 23.2 Å². The van der Waals surface area contributed by atoms with Crippen LogP contribution in [0.1, 0.15) is 44.0 Å². The lowest BCUT2D eigenvalue weighted by atomic mass is 10.0. The lowest BCUT2D eigenvalue weighted by Gasteiger charge is -2.24. The smallest absolute Gasteiger partial charge is 0.266 e. The molecule has 0 saturated carbocycles. The highest BCUT2D eigenvalue weighted by atomic mass is 35.5. The van der Waals surface area contributed by atoms with Gasteiger partial charge in [0.1, 0.15) is 4.90 Å². The van der Waals surface area contributed by atoms with Gasteiger partial charge in [0, 0.05) is 16.6 Å². The fraction of sp³-hybridized carbons (Fsp3) is 0.348. The molecule has 1 amide bonds. The first-order chi connectivity index (χ1) is 14.6. The molecule has 0 aliphatic carbocycles. The van der Waals surface area contributed by atoms with Gasteiger partial charge in [0.25, 0.3) is 15.9 Å². The van der Waals surface area contributed by atoms with E-state index in [1.54, 1.807) is 24.3 Å². The SMILES string of the molecule is C=CCN(c1ccc(Cl)cc1)S(=O)(=O)c1cc(C(=O)NC(C)CCC(C)C)ccc1Cl. The predicted molar refractivity (Wildman–Crippen MR) is 129 cm³/mol. The van der Waals surface area contributed by atoms with Crippen molar-refractivity contribution in [2.75, 3.05) is 10.8 Å². The Morgan fingerprint density at radius 1 is 1.10 bits per heavy atom. The molecule has 0 spiro atoms. The molecule has 2 rings (SSSR count). The minimum absolute atomic E-state index is 0.0306. The maximum atomic E-state index is 13.4. The Hall–Kier alpha value is -2.02. The van der Waals surface area contributed by atoms with Crippen molar-refractivity contribution in [2.45, 2.75) is 44.6 Å². The van der Waals surface area contributed by atoms with E-state index >= 15 is 0 Å². The highest BCUT2D eigenvalue weighted by Crippen LogP contribution is 2.30. The molecule has 2 aromatic rings. The fourth-order valence-corrected chi connectivity index (χ4v) is 5.06. The van der Waals surface area contributed by atoms with Crippen LogP contribution in [-0.4, -0.2) is 26.9 Å². The van der Waals surface area contributed by atoms with Crippen LogP contribution in [0.4, 0.5) is 5.69 Å². The van der Waals surface area contributed by atoms with Crippen LogP contribution in [0.2, 0.25) is 10.0 Å². The summed E-state index contributed by atoms with van der Waals surface area (Å²) in [5.41, 5.74) is 0.645. The van der Waals surface area contributed by atoms with Gasteiger partial charge in [-0.2, -0.15) is 0 Å². The average molecular weight is 483 g/mol. The van der Waals surface area contributed by atoms with Crippen LogP contribution in [0.25, 0.3) is 0 Å². The van der Waals surface area contributed by atoms with Crippen LogP contribution in [0.3, 0.4) is 0 Å². The number of anilines is 1. The molecular weight excluding hydrogens is 455 g/mol. The van der Waals surface area contributed by atoms with Crippen molar-refractivity contribution in [3.05, 3.63) is 70.7 Å².